The number of aryl methyl sites for hydroxylation is 1. The quantitative estimate of drug-likeness (QED) is 0.600. The van der Waals surface area contributed by atoms with Crippen LogP contribution >= 0.6 is 0 Å². The molecule has 0 spiro atoms. The van der Waals surface area contributed by atoms with E-state index >= 15 is 0 Å². The summed E-state index contributed by atoms with van der Waals surface area (Å²) < 4.78 is 0. The normalized spacial score (nSPS) is 11.3. The second-order valence-corrected chi connectivity index (χ2v) is 3.20. The van der Waals surface area contributed by atoms with Crippen LogP contribution in [0.25, 0.3) is 17.1 Å². The number of nitro groups is 1. The molecule has 5 heteroatoms. The molecular weight excluding hydrogens is 194 g/mol. The summed E-state index contributed by atoms with van der Waals surface area (Å²) >= 11 is 0. The van der Waals surface area contributed by atoms with Crippen LogP contribution in [-0.2, 0) is 0 Å². The van der Waals surface area contributed by atoms with Gasteiger partial charge in [-0.15, -0.1) is 0 Å². The summed E-state index contributed by atoms with van der Waals surface area (Å²) in [5.41, 5.74) is 2.58. The minimum Gasteiger partial charge on any atom is -0.346 e. The van der Waals surface area contributed by atoms with Crippen LogP contribution in [0.3, 0.4) is 0 Å². The molecule has 2 aromatic heterocycles. The standard InChI is InChI=1S/C10H9N3O2/c1-7-2-4-11-10-9(7)8(6-12-10)3-5-13(14)15/h2-6H,1H3,(H,11,12)/b5-3+. The predicted octanol–water partition coefficient (Wildman–Crippen LogP) is 2.12. The number of hydrogen-bond donors (Lipinski definition) is 1. The molecule has 0 bridgehead atoms. The van der Waals surface area contributed by atoms with Crippen LogP contribution in [0, 0.1) is 17.0 Å². The molecule has 0 unspecified atom stereocenters. The average Bonchev–Trinajstić information content (AvgIpc) is 2.59. The van der Waals surface area contributed by atoms with Crippen molar-refractivity contribution >= 4 is 17.1 Å². The minimum atomic E-state index is -0.482. The van der Waals surface area contributed by atoms with Crippen molar-refractivity contribution in [2.75, 3.05) is 0 Å². The fraction of sp³-hybridized carbons (Fsp3) is 0.100. The molecule has 0 aliphatic carbocycles. The molecule has 0 radical (unpaired) electrons. The minimum absolute atomic E-state index is 0.482. The first-order valence-corrected chi connectivity index (χ1v) is 4.43. The lowest BCUT2D eigenvalue weighted by Crippen LogP contribution is -1.83. The van der Waals surface area contributed by atoms with Gasteiger partial charge in [-0.25, -0.2) is 4.98 Å². The zero-order valence-corrected chi connectivity index (χ0v) is 8.10. The number of fused-ring (bicyclic) bond motifs is 1. The summed E-state index contributed by atoms with van der Waals surface area (Å²) in [7, 11) is 0. The molecule has 0 saturated heterocycles. The van der Waals surface area contributed by atoms with Crippen molar-refractivity contribution in [1.82, 2.24) is 9.97 Å². The smallest absolute Gasteiger partial charge is 0.235 e. The first kappa shape index (κ1) is 9.39. The fourth-order valence-corrected chi connectivity index (χ4v) is 1.52. The second-order valence-electron chi connectivity index (χ2n) is 3.20. The van der Waals surface area contributed by atoms with E-state index in [1.807, 2.05) is 13.0 Å². The first-order valence-electron chi connectivity index (χ1n) is 4.43. The van der Waals surface area contributed by atoms with Gasteiger partial charge in [-0.05, 0) is 18.6 Å². The lowest BCUT2D eigenvalue weighted by atomic mass is 10.1. The van der Waals surface area contributed by atoms with E-state index in [4.69, 9.17) is 0 Å². The van der Waals surface area contributed by atoms with E-state index in [0.29, 0.717) is 0 Å². The maximum atomic E-state index is 10.2. The van der Waals surface area contributed by atoms with Crippen LogP contribution in [0.2, 0.25) is 0 Å². The molecule has 0 saturated carbocycles. The Hall–Kier alpha value is -2.17. The zero-order chi connectivity index (χ0) is 10.8. The van der Waals surface area contributed by atoms with E-state index in [-0.39, 0.29) is 0 Å². The average molecular weight is 203 g/mol. The van der Waals surface area contributed by atoms with E-state index in [1.54, 1.807) is 12.4 Å². The molecule has 5 nitrogen and oxygen atoms in total. The van der Waals surface area contributed by atoms with Gasteiger partial charge in [0.1, 0.15) is 5.65 Å². The van der Waals surface area contributed by atoms with E-state index < -0.39 is 4.92 Å². The highest BCUT2D eigenvalue weighted by Gasteiger charge is 2.05. The Bertz CT molecular complexity index is 543. The number of H-pyrrole nitrogens is 1. The Morgan fingerprint density at radius 3 is 3.13 bits per heavy atom. The largest absolute Gasteiger partial charge is 0.346 e. The van der Waals surface area contributed by atoms with E-state index in [1.165, 1.54) is 6.08 Å². The van der Waals surface area contributed by atoms with Crippen LogP contribution in [0.1, 0.15) is 11.1 Å². The Kier molecular flexibility index (Phi) is 2.21. The van der Waals surface area contributed by atoms with Crippen LogP contribution in [0.4, 0.5) is 0 Å². The highest BCUT2D eigenvalue weighted by atomic mass is 16.6. The van der Waals surface area contributed by atoms with Crippen molar-refractivity contribution in [1.29, 1.82) is 0 Å². The van der Waals surface area contributed by atoms with Gasteiger partial charge >= 0.3 is 0 Å². The van der Waals surface area contributed by atoms with Gasteiger partial charge < -0.3 is 4.98 Å². The maximum Gasteiger partial charge on any atom is 0.235 e. The predicted molar refractivity (Wildman–Crippen MR) is 56.9 cm³/mol. The number of nitrogens with one attached hydrogen (secondary N) is 1. The highest BCUT2D eigenvalue weighted by Crippen LogP contribution is 2.21. The number of aromatic amines is 1. The van der Waals surface area contributed by atoms with Crippen molar-refractivity contribution in [3.8, 4) is 0 Å². The third-order valence-electron chi connectivity index (χ3n) is 2.19. The van der Waals surface area contributed by atoms with Crippen LogP contribution in [0.5, 0.6) is 0 Å². The molecule has 0 amide bonds. The summed E-state index contributed by atoms with van der Waals surface area (Å²) in [5.74, 6) is 0. The molecule has 0 aliphatic rings. The topological polar surface area (TPSA) is 71.8 Å². The van der Waals surface area contributed by atoms with E-state index in [9.17, 15) is 10.1 Å². The summed E-state index contributed by atoms with van der Waals surface area (Å²) in [6.45, 7) is 1.95. The maximum absolute atomic E-state index is 10.2. The van der Waals surface area contributed by atoms with Gasteiger partial charge in [0.2, 0.25) is 6.20 Å². The fourth-order valence-electron chi connectivity index (χ4n) is 1.52. The molecule has 2 aromatic rings. The van der Waals surface area contributed by atoms with E-state index in [0.717, 1.165) is 28.4 Å². The third-order valence-corrected chi connectivity index (χ3v) is 2.19. The number of rotatable bonds is 2. The zero-order valence-electron chi connectivity index (χ0n) is 8.10. The SMILES string of the molecule is Cc1ccnc2[nH]cc(/C=C/[N+](=O)[O-])c12. The molecule has 76 valence electrons. The molecule has 0 atom stereocenters. The lowest BCUT2D eigenvalue weighted by molar-refractivity contribution is -0.400. The lowest BCUT2D eigenvalue weighted by Gasteiger charge is -1.95. The Morgan fingerprint density at radius 1 is 1.60 bits per heavy atom. The van der Waals surface area contributed by atoms with Crippen molar-refractivity contribution in [2.45, 2.75) is 6.92 Å². The summed E-state index contributed by atoms with van der Waals surface area (Å²) in [5, 5.41) is 11.1. The van der Waals surface area contributed by atoms with E-state index in [2.05, 4.69) is 9.97 Å². The molecular formula is C10H9N3O2. The molecule has 0 aliphatic heterocycles. The molecule has 15 heavy (non-hydrogen) atoms. The monoisotopic (exact) mass is 203 g/mol. The number of pyridine rings is 1. The van der Waals surface area contributed by atoms with Gasteiger partial charge in [-0.3, -0.25) is 10.1 Å². The van der Waals surface area contributed by atoms with Crippen molar-refractivity contribution in [3.05, 3.63) is 45.9 Å². The molecule has 1 N–H and O–H groups in total. The Labute approximate surface area is 85.6 Å². The van der Waals surface area contributed by atoms with Crippen molar-refractivity contribution in [2.24, 2.45) is 0 Å². The third kappa shape index (κ3) is 1.71. The van der Waals surface area contributed by atoms with Crippen LogP contribution < -0.4 is 0 Å². The van der Waals surface area contributed by atoms with Gasteiger partial charge in [-0.1, -0.05) is 0 Å². The van der Waals surface area contributed by atoms with Gasteiger partial charge in [0.15, 0.2) is 0 Å². The second kappa shape index (κ2) is 3.53. The Balaban J connectivity index is 2.57. The summed E-state index contributed by atoms with van der Waals surface area (Å²) in [4.78, 5) is 16.8. The molecule has 2 rings (SSSR count). The summed E-state index contributed by atoms with van der Waals surface area (Å²) in [6, 6.07) is 1.87. The van der Waals surface area contributed by atoms with Gasteiger partial charge in [-0.2, -0.15) is 0 Å². The Morgan fingerprint density at radius 2 is 2.40 bits per heavy atom. The highest BCUT2D eigenvalue weighted by molar-refractivity contribution is 5.88. The summed E-state index contributed by atoms with van der Waals surface area (Å²) in [6.07, 6.45) is 5.81. The number of nitrogens with zero attached hydrogens (tertiary/aromatic N) is 2. The molecule has 0 fully saturated rings. The van der Waals surface area contributed by atoms with Crippen LogP contribution in [-0.4, -0.2) is 14.9 Å². The number of aromatic nitrogens is 2. The number of hydrogen-bond acceptors (Lipinski definition) is 3. The molecule has 2 heterocycles. The van der Waals surface area contributed by atoms with Crippen molar-refractivity contribution in [3.63, 3.8) is 0 Å². The van der Waals surface area contributed by atoms with Gasteiger partial charge in [0.05, 0.1) is 4.92 Å². The van der Waals surface area contributed by atoms with Gasteiger partial charge in [0, 0.05) is 29.4 Å². The first-order chi connectivity index (χ1) is 7.18. The molecule has 0 aromatic carbocycles. The van der Waals surface area contributed by atoms with Crippen LogP contribution in [0.15, 0.2) is 24.7 Å². The van der Waals surface area contributed by atoms with Gasteiger partial charge in [0.25, 0.3) is 0 Å². The van der Waals surface area contributed by atoms with Crippen molar-refractivity contribution < 1.29 is 4.92 Å².